The van der Waals surface area contributed by atoms with Gasteiger partial charge in [-0.15, -0.1) is 11.3 Å². The number of carbonyl (C=O) groups excluding carboxylic acids is 1. The first-order valence-corrected chi connectivity index (χ1v) is 6.75. The zero-order chi connectivity index (χ0) is 13.1. The van der Waals surface area contributed by atoms with Crippen LogP contribution in [0.4, 0.5) is 0 Å². The Morgan fingerprint density at radius 1 is 1.59 bits per heavy atom. The van der Waals surface area contributed by atoms with Crippen LogP contribution in [-0.4, -0.2) is 23.2 Å². The minimum Gasteiger partial charge on any atom is -0.388 e. The molecule has 1 amide bonds. The molecule has 1 unspecified atom stereocenters. The molecule has 0 aliphatic rings. The van der Waals surface area contributed by atoms with Gasteiger partial charge in [0.25, 0.3) is 5.91 Å². The van der Waals surface area contributed by atoms with E-state index in [0.717, 1.165) is 0 Å². The number of hydrogen-bond donors (Lipinski definition) is 2. The third-order valence-electron chi connectivity index (χ3n) is 2.27. The van der Waals surface area contributed by atoms with E-state index in [1.54, 1.807) is 19.1 Å². The van der Waals surface area contributed by atoms with E-state index < -0.39 is 5.60 Å². The van der Waals surface area contributed by atoms with Gasteiger partial charge in [-0.2, -0.15) is 0 Å². The number of nitrogens with one attached hydrogen (secondary N) is 1. The molecule has 5 heteroatoms. The van der Waals surface area contributed by atoms with Crippen molar-refractivity contribution in [1.82, 2.24) is 5.32 Å². The van der Waals surface area contributed by atoms with E-state index in [-0.39, 0.29) is 12.5 Å². The predicted molar refractivity (Wildman–Crippen MR) is 71.7 cm³/mol. The molecule has 3 nitrogen and oxygen atoms in total. The maximum Gasteiger partial charge on any atom is 0.261 e. The Morgan fingerprint density at radius 3 is 2.71 bits per heavy atom. The lowest BCUT2D eigenvalue weighted by Gasteiger charge is -2.25. The number of amides is 1. The van der Waals surface area contributed by atoms with Crippen molar-refractivity contribution in [2.45, 2.75) is 32.8 Å². The first kappa shape index (κ1) is 14.5. The van der Waals surface area contributed by atoms with Gasteiger partial charge >= 0.3 is 0 Å². The van der Waals surface area contributed by atoms with Gasteiger partial charge in [-0.25, -0.2) is 0 Å². The Balaban J connectivity index is 2.48. The molecule has 0 saturated carbocycles. The van der Waals surface area contributed by atoms with E-state index in [0.29, 0.717) is 21.6 Å². The normalized spacial score (nSPS) is 14.7. The van der Waals surface area contributed by atoms with Gasteiger partial charge in [0.1, 0.15) is 0 Å². The molecule has 2 N–H and O–H groups in total. The summed E-state index contributed by atoms with van der Waals surface area (Å²) in [6.45, 7) is 6.05. The topological polar surface area (TPSA) is 49.3 Å². The quantitative estimate of drug-likeness (QED) is 0.868. The molecule has 1 aromatic heterocycles. The molecule has 0 spiro atoms. The van der Waals surface area contributed by atoms with Crippen LogP contribution >= 0.6 is 22.9 Å². The second kappa shape index (κ2) is 5.85. The summed E-state index contributed by atoms with van der Waals surface area (Å²) in [5.74, 6) is 0.198. The Hall–Kier alpha value is -0.580. The third-order valence-corrected chi connectivity index (χ3v) is 3.50. The molecule has 1 rings (SSSR count). The predicted octanol–water partition coefficient (Wildman–Crippen LogP) is 2.93. The standard InChI is InChI=1S/C12H18ClNO2S/c1-8(2)6-12(3,16)7-14-11(15)9-4-5-10(13)17-9/h4-5,8,16H,6-7H2,1-3H3,(H,14,15). The molecule has 17 heavy (non-hydrogen) atoms. The minimum atomic E-state index is -0.870. The van der Waals surface area contributed by atoms with Crippen LogP contribution in [0.2, 0.25) is 4.34 Å². The van der Waals surface area contributed by atoms with Crippen molar-refractivity contribution < 1.29 is 9.90 Å². The van der Waals surface area contributed by atoms with Gasteiger partial charge in [0.15, 0.2) is 0 Å². The van der Waals surface area contributed by atoms with Crippen molar-refractivity contribution in [1.29, 1.82) is 0 Å². The summed E-state index contributed by atoms with van der Waals surface area (Å²) in [6, 6.07) is 3.37. The Labute approximate surface area is 111 Å². The summed E-state index contributed by atoms with van der Waals surface area (Å²) in [6.07, 6.45) is 0.651. The number of rotatable bonds is 5. The van der Waals surface area contributed by atoms with E-state index >= 15 is 0 Å². The van der Waals surface area contributed by atoms with Crippen LogP contribution in [-0.2, 0) is 0 Å². The highest BCUT2D eigenvalue weighted by Crippen LogP contribution is 2.21. The van der Waals surface area contributed by atoms with Crippen LogP contribution in [0, 0.1) is 5.92 Å². The molecule has 0 fully saturated rings. The number of aliphatic hydroxyl groups is 1. The molecule has 1 aromatic rings. The lowest BCUT2D eigenvalue weighted by atomic mass is 9.94. The average molecular weight is 276 g/mol. The lowest BCUT2D eigenvalue weighted by molar-refractivity contribution is 0.0369. The van der Waals surface area contributed by atoms with Crippen LogP contribution in [0.1, 0.15) is 36.9 Å². The van der Waals surface area contributed by atoms with Crippen molar-refractivity contribution >= 4 is 28.8 Å². The summed E-state index contributed by atoms with van der Waals surface area (Å²) in [7, 11) is 0. The Bertz CT molecular complexity index is 388. The molecule has 0 saturated heterocycles. The molecule has 0 aromatic carbocycles. The first-order valence-electron chi connectivity index (χ1n) is 5.56. The molecule has 0 radical (unpaired) electrons. The maximum absolute atomic E-state index is 11.7. The van der Waals surface area contributed by atoms with E-state index in [9.17, 15) is 9.90 Å². The highest BCUT2D eigenvalue weighted by atomic mass is 35.5. The van der Waals surface area contributed by atoms with Crippen LogP contribution < -0.4 is 5.32 Å². The molecule has 1 atom stereocenters. The van der Waals surface area contributed by atoms with Gasteiger partial charge in [-0.05, 0) is 31.4 Å². The molecule has 96 valence electrons. The maximum atomic E-state index is 11.7. The monoisotopic (exact) mass is 275 g/mol. The van der Waals surface area contributed by atoms with Crippen LogP contribution in [0.3, 0.4) is 0 Å². The molecular formula is C12H18ClNO2S. The second-order valence-electron chi connectivity index (χ2n) is 4.88. The molecular weight excluding hydrogens is 258 g/mol. The number of carbonyl (C=O) groups is 1. The minimum absolute atomic E-state index is 0.189. The molecule has 1 heterocycles. The van der Waals surface area contributed by atoms with Gasteiger partial charge in [0, 0.05) is 6.54 Å². The second-order valence-corrected chi connectivity index (χ2v) is 6.60. The average Bonchev–Trinajstić information content (AvgIpc) is 2.59. The van der Waals surface area contributed by atoms with Gasteiger partial charge in [0.05, 0.1) is 14.8 Å². The zero-order valence-electron chi connectivity index (χ0n) is 10.3. The van der Waals surface area contributed by atoms with Crippen molar-refractivity contribution in [3.8, 4) is 0 Å². The van der Waals surface area contributed by atoms with Crippen LogP contribution in [0.25, 0.3) is 0 Å². The van der Waals surface area contributed by atoms with Crippen molar-refractivity contribution in [2.75, 3.05) is 6.54 Å². The highest BCUT2D eigenvalue weighted by Gasteiger charge is 2.23. The van der Waals surface area contributed by atoms with Crippen molar-refractivity contribution in [3.05, 3.63) is 21.3 Å². The molecule has 0 aliphatic heterocycles. The van der Waals surface area contributed by atoms with Gasteiger partial charge in [0.2, 0.25) is 0 Å². The van der Waals surface area contributed by atoms with E-state index in [1.807, 2.05) is 13.8 Å². The zero-order valence-corrected chi connectivity index (χ0v) is 11.9. The summed E-state index contributed by atoms with van der Waals surface area (Å²) < 4.78 is 0.587. The molecule has 0 aliphatic carbocycles. The third kappa shape index (κ3) is 5.06. The van der Waals surface area contributed by atoms with Crippen LogP contribution in [0.15, 0.2) is 12.1 Å². The number of thiophene rings is 1. The summed E-state index contributed by atoms with van der Waals surface area (Å²) in [5.41, 5.74) is -0.870. The Kier molecular flexibility index (Phi) is 4.98. The van der Waals surface area contributed by atoms with Crippen molar-refractivity contribution in [2.24, 2.45) is 5.92 Å². The largest absolute Gasteiger partial charge is 0.388 e. The van der Waals surface area contributed by atoms with E-state index in [4.69, 9.17) is 11.6 Å². The fourth-order valence-corrected chi connectivity index (χ4v) is 2.71. The van der Waals surface area contributed by atoms with E-state index in [2.05, 4.69) is 5.32 Å². The van der Waals surface area contributed by atoms with Gasteiger partial charge < -0.3 is 10.4 Å². The lowest BCUT2D eigenvalue weighted by Crippen LogP contribution is -2.41. The van der Waals surface area contributed by atoms with Gasteiger partial charge in [-0.3, -0.25) is 4.79 Å². The van der Waals surface area contributed by atoms with E-state index in [1.165, 1.54) is 11.3 Å². The van der Waals surface area contributed by atoms with Crippen LogP contribution in [0.5, 0.6) is 0 Å². The number of halogens is 1. The SMILES string of the molecule is CC(C)CC(C)(O)CNC(=O)c1ccc(Cl)s1. The summed E-state index contributed by atoms with van der Waals surface area (Å²) in [4.78, 5) is 12.3. The highest BCUT2D eigenvalue weighted by molar-refractivity contribution is 7.17. The summed E-state index contributed by atoms with van der Waals surface area (Å²) >= 11 is 6.98. The fraction of sp³-hybridized carbons (Fsp3) is 0.583. The first-order chi connectivity index (χ1) is 7.80. The Morgan fingerprint density at radius 2 is 2.24 bits per heavy atom. The fourth-order valence-electron chi connectivity index (χ4n) is 1.75. The smallest absolute Gasteiger partial charge is 0.261 e. The number of hydrogen-bond acceptors (Lipinski definition) is 3. The van der Waals surface area contributed by atoms with Crippen molar-refractivity contribution in [3.63, 3.8) is 0 Å². The molecule has 0 bridgehead atoms. The van der Waals surface area contributed by atoms with Gasteiger partial charge in [-0.1, -0.05) is 25.4 Å². The summed E-state index contributed by atoms with van der Waals surface area (Å²) in [5, 5.41) is 12.8.